The predicted molar refractivity (Wildman–Crippen MR) is 68.9 cm³/mol. The van der Waals surface area contributed by atoms with Gasteiger partial charge in [-0.2, -0.15) is 10.5 Å². The van der Waals surface area contributed by atoms with Gasteiger partial charge in [0.2, 0.25) is 0 Å². The van der Waals surface area contributed by atoms with Gasteiger partial charge in [-0.25, -0.2) is 0 Å². The summed E-state index contributed by atoms with van der Waals surface area (Å²) in [7, 11) is 0. The van der Waals surface area contributed by atoms with Gasteiger partial charge in [-0.3, -0.25) is 0 Å². The molecule has 0 unspecified atom stereocenters. The van der Waals surface area contributed by atoms with Crippen LogP contribution in [0.3, 0.4) is 0 Å². The summed E-state index contributed by atoms with van der Waals surface area (Å²) in [5.41, 5.74) is 2.67. The van der Waals surface area contributed by atoms with Crippen LogP contribution in [0.25, 0.3) is 0 Å². The second-order valence-electron chi connectivity index (χ2n) is 4.59. The zero-order valence-electron chi connectivity index (χ0n) is 10.6. The molecule has 0 aromatic rings. The Kier molecular flexibility index (Phi) is 6.12. The van der Waals surface area contributed by atoms with Gasteiger partial charge in [0.25, 0.3) is 0 Å². The van der Waals surface area contributed by atoms with Gasteiger partial charge >= 0.3 is 0 Å². The number of unbranched alkanes of at least 4 members (excludes halogenated alkanes) is 3. The van der Waals surface area contributed by atoms with E-state index in [-0.39, 0.29) is 0 Å². The number of hydrogen-bond donors (Lipinski definition) is 0. The topological polar surface area (TPSA) is 47.6 Å². The lowest BCUT2D eigenvalue weighted by Gasteiger charge is -2.15. The van der Waals surface area contributed by atoms with E-state index >= 15 is 0 Å². The molecule has 0 fully saturated rings. The van der Waals surface area contributed by atoms with Crippen LogP contribution in [0.5, 0.6) is 0 Å². The Balaban J connectivity index is 2.59. The molecule has 0 bridgehead atoms. The SMILES string of the molecule is CCCCCCC1=CC(=C(C#N)C#N)CCC1. The van der Waals surface area contributed by atoms with Gasteiger partial charge in [0, 0.05) is 0 Å². The summed E-state index contributed by atoms with van der Waals surface area (Å²) < 4.78 is 0. The predicted octanol–water partition coefficient (Wildman–Crippen LogP) is 4.41. The average Bonchev–Trinajstić information content (AvgIpc) is 2.37. The molecular weight excluding hydrogens is 208 g/mol. The van der Waals surface area contributed by atoms with E-state index in [2.05, 4.69) is 13.0 Å². The van der Waals surface area contributed by atoms with Crippen molar-refractivity contribution in [1.82, 2.24) is 0 Å². The van der Waals surface area contributed by atoms with Crippen molar-refractivity contribution in [3.05, 3.63) is 22.8 Å². The first kappa shape index (κ1) is 13.5. The zero-order chi connectivity index (χ0) is 12.5. The molecular formula is C15H20N2. The number of nitrogens with zero attached hydrogens (tertiary/aromatic N) is 2. The van der Waals surface area contributed by atoms with Gasteiger partial charge in [0.05, 0.1) is 0 Å². The van der Waals surface area contributed by atoms with E-state index in [9.17, 15) is 0 Å². The molecule has 0 saturated carbocycles. The molecule has 0 aromatic carbocycles. The fourth-order valence-electron chi connectivity index (χ4n) is 2.24. The normalized spacial score (nSPS) is 14.8. The van der Waals surface area contributed by atoms with Crippen molar-refractivity contribution < 1.29 is 0 Å². The minimum atomic E-state index is 0.302. The molecule has 0 heterocycles. The molecule has 0 aromatic heterocycles. The number of hydrogen-bond acceptors (Lipinski definition) is 2. The first-order chi connectivity index (χ1) is 8.31. The van der Waals surface area contributed by atoms with Crippen molar-refractivity contribution in [2.45, 2.75) is 58.3 Å². The van der Waals surface area contributed by atoms with Crippen LogP contribution in [0.4, 0.5) is 0 Å². The molecule has 0 radical (unpaired) electrons. The molecule has 1 aliphatic rings. The monoisotopic (exact) mass is 228 g/mol. The second kappa shape index (κ2) is 7.69. The second-order valence-corrected chi connectivity index (χ2v) is 4.59. The molecule has 90 valence electrons. The minimum Gasteiger partial charge on any atom is -0.192 e. The van der Waals surface area contributed by atoms with Crippen molar-refractivity contribution in [3.63, 3.8) is 0 Å². The number of nitriles is 2. The van der Waals surface area contributed by atoms with Gasteiger partial charge < -0.3 is 0 Å². The van der Waals surface area contributed by atoms with Crippen LogP contribution >= 0.6 is 0 Å². The van der Waals surface area contributed by atoms with Crippen LogP contribution in [0, 0.1) is 22.7 Å². The average molecular weight is 228 g/mol. The zero-order valence-corrected chi connectivity index (χ0v) is 10.6. The molecule has 0 amide bonds. The van der Waals surface area contributed by atoms with Crippen LogP contribution < -0.4 is 0 Å². The smallest absolute Gasteiger partial charge is 0.132 e. The Morgan fingerprint density at radius 3 is 2.59 bits per heavy atom. The van der Waals surface area contributed by atoms with Crippen LogP contribution in [-0.2, 0) is 0 Å². The van der Waals surface area contributed by atoms with Crippen molar-refractivity contribution in [1.29, 1.82) is 10.5 Å². The molecule has 0 aliphatic heterocycles. The maximum Gasteiger partial charge on any atom is 0.132 e. The van der Waals surface area contributed by atoms with Crippen LogP contribution in [0.1, 0.15) is 58.3 Å². The summed E-state index contributed by atoms with van der Waals surface area (Å²) >= 11 is 0. The van der Waals surface area contributed by atoms with Crippen molar-refractivity contribution in [2.75, 3.05) is 0 Å². The van der Waals surface area contributed by atoms with Gasteiger partial charge in [-0.1, -0.05) is 37.8 Å². The summed E-state index contributed by atoms with van der Waals surface area (Å²) in [5, 5.41) is 17.7. The fourth-order valence-corrected chi connectivity index (χ4v) is 2.24. The number of allylic oxidation sites excluding steroid dienone is 4. The van der Waals surface area contributed by atoms with Gasteiger partial charge in [-0.15, -0.1) is 0 Å². The fraction of sp³-hybridized carbons (Fsp3) is 0.600. The quantitative estimate of drug-likeness (QED) is 0.517. The summed E-state index contributed by atoms with van der Waals surface area (Å²) in [6.07, 6.45) is 11.4. The van der Waals surface area contributed by atoms with E-state index in [1.807, 2.05) is 12.1 Å². The molecule has 2 nitrogen and oxygen atoms in total. The highest BCUT2D eigenvalue weighted by Crippen LogP contribution is 2.27. The van der Waals surface area contributed by atoms with Crippen LogP contribution in [0.2, 0.25) is 0 Å². The Morgan fingerprint density at radius 1 is 1.18 bits per heavy atom. The van der Waals surface area contributed by atoms with E-state index in [1.54, 1.807) is 0 Å². The molecule has 1 rings (SSSR count). The Hall–Kier alpha value is -1.54. The highest BCUT2D eigenvalue weighted by Gasteiger charge is 2.11. The molecule has 1 aliphatic carbocycles. The first-order valence-corrected chi connectivity index (χ1v) is 6.54. The largest absolute Gasteiger partial charge is 0.192 e. The van der Waals surface area contributed by atoms with Crippen LogP contribution in [0.15, 0.2) is 22.8 Å². The minimum absolute atomic E-state index is 0.302. The van der Waals surface area contributed by atoms with Crippen molar-refractivity contribution in [2.24, 2.45) is 0 Å². The van der Waals surface area contributed by atoms with Crippen LogP contribution in [-0.4, -0.2) is 0 Å². The maximum atomic E-state index is 8.85. The lowest BCUT2D eigenvalue weighted by Crippen LogP contribution is -1.97. The summed E-state index contributed by atoms with van der Waals surface area (Å²) in [4.78, 5) is 0. The Labute approximate surface area is 104 Å². The molecule has 2 heteroatoms. The van der Waals surface area contributed by atoms with E-state index in [0.29, 0.717) is 5.57 Å². The van der Waals surface area contributed by atoms with Gasteiger partial charge in [0.15, 0.2) is 0 Å². The summed E-state index contributed by atoms with van der Waals surface area (Å²) in [5.74, 6) is 0. The molecule has 0 saturated heterocycles. The van der Waals surface area contributed by atoms with Gasteiger partial charge in [-0.05, 0) is 37.7 Å². The van der Waals surface area contributed by atoms with E-state index in [1.165, 1.54) is 31.3 Å². The molecule has 0 spiro atoms. The Bertz CT molecular complexity index is 372. The number of rotatable bonds is 5. The van der Waals surface area contributed by atoms with E-state index in [4.69, 9.17) is 10.5 Å². The van der Waals surface area contributed by atoms with Crippen molar-refractivity contribution in [3.8, 4) is 12.1 Å². The Morgan fingerprint density at radius 2 is 1.94 bits per heavy atom. The highest BCUT2D eigenvalue weighted by molar-refractivity contribution is 5.46. The summed E-state index contributed by atoms with van der Waals surface area (Å²) in [6.45, 7) is 2.22. The third-order valence-electron chi connectivity index (χ3n) is 3.22. The van der Waals surface area contributed by atoms with E-state index in [0.717, 1.165) is 31.3 Å². The lowest BCUT2D eigenvalue weighted by atomic mass is 9.90. The molecule has 0 atom stereocenters. The molecule has 17 heavy (non-hydrogen) atoms. The van der Waals surface area contributed by atoms with Gasteiger partial charge in [0.1, 0.15) is 17.7 Å². The molecule has 0 N–H and O–H groups in total. The standard InChI is InChI=1S/C15H20N2/c1-2-3-4-5-7-13-8-6-9-14(10-13)15(11-16)12-17/h10H,2-9H2,1H3. The van der Waals surface area contributed by atoms with E-state index < -0.39 is 0 Å². The third kappa shape index (κ3) is 4.45. The maximum absolute atomic E-state index is 8.85. The third-order valence-corrected chi connectivity index (χ3v) is 3.22. The van der Waals surface area contributed by atoms with Crippen molar-refractivity contribution >= 4 is 0 Å². The lowest BCUT2D eigenvalue weighted by molar-refractivity contribution is 0.640. The summed E-state index contributed by atoms with van der Waals surface area (Å²) in [6, 6.07) is 3.98. The highest BCUT2D eigenvalue weighted by atomic mass is 14.3. The first-order valence-electron chi connectivity index (χ1n) is 6.54.